The summed E-state index contributed by atoms with van der Waals surface area (Å²) in [5.74, 6) is 0.110. The van der Waals surface area contributed by atoms with E-state index in [1.807, 2.05) is 10.1 Å². The van der Waals surface area contributed by atoms with Crippen LogP contribution in [0.15, 0.2) is 33.7 Å². The van der Waals surface area contributed by atoms with Crippen molar-refractivity contribution in [1.29, 1.82) is 0 Å². The van der Waals surface area contributed by atoms with Crippen molar-refractivity contribution >= 4 is 17.0 Å². The highest BCUT2D eigenvalue weighted by molar-refractivity contribution is 7.07. The third kappa shape index (κ3) is 3.03. The topological polar surface area (TPSA) is 70.1 Å². The van der Waals surface area contributed by atoms with E-state index in [1.54, 1.807) is 23.5 Å². The van der Waals surface area contributed by atoms with Gasteiger partial charge in [-0.1, -0.05) is 0 Å². The summed E-state index contributed by atoms with van der Waals surface area (Å²) < 4.78 is 1.87. The lowest BCUT2D eigenvalue weighted by Crippen LogP contribution is -2.14. The summed E-state index contributed by atoms with van der Waals surface area (Å²) in [7, 11) is 0. The summed E-state index contributed by atoms with van der Waals surface area (Å²) in [6.45, 7) is 0. The Bertz CT molecular complexity index is 823. The first-order valence-corrected chi connectivity index (χ1v) is 8.92. The maximum atomic E-state index is 10.2. The number of hydrogen-bond acceptors (Lipinski definition) is 5. The number of nitrogens with zero attached hydrogens (tertiary/aromatic N) is 3. The van der Waals surface area contributed by atoms with Crippen molar-refractivity contribution in [1.82, 2.24) is 4.68 Å². The van der Waals surface area contributed by atoms with E-state index in [-0.39, 0.29) is 11.5 Å². The predicted molar refractivity (Wildman–Crippen MR) is 91.0 cm³/mol. The fourth-order valence-corrected chi connectivity index (χ4v) is 3.68. The van der Waals surface area contributed by atoms with Crippen LogP contribution in [-0.2, 0) is 0 Å². The molecule has 5 nitrogen and oxygen atoms in total. The van der Waals surface area contributed by atoms with Crippen LogP contribution in [0, 0.1) is 0 Å². The Labute approximate surface area is 138 Å². The van der Waals surface area contributed by atoms with Crippen molar-refractivity contribution in [3.63, 3.8) is 0 Å². The lowest BCUT2D eigenvalue weighted by atomic mass is 10.1. The van der Waals surface area contributed by atoms with Crippen LogP contribution in [0.25, 0.3) is 11.3 Å². The second kappa shape index (κ2) is 5.85. The molecule has 1 heterocycles. The minimum absolute atomic E-state index is 0.0537. The van der Waals surface area contributed by atoms with Crippen LogP contribution >= 0.6 is 11.3 Å². The maximum absolute atomic E-state index is 10.2. The Morgan fingerprint density at radius 3 is 2.61 bits per heavy atom. The molecular formula is C17H19N3O2S. The molecule has 23 heavy (non-hydrogen) atoms. The molecule has 2 aliphatic rings. The van der Waals surface area contributed by atoms with Crippen molar-refractivity contribution < 1.29 is 10.2 Å². The molecule has 2 saturated carbocycles. The third-order valence-electron chi connectivity index (χ3n) is 4.20. The molecular weight excluding hydrogens is 310 g/mol. The van der Waals surface area contributed by atoms with Crippen molar-refractivity contribution in [2.75, 3.05) is 0 Å². The average Bonchev–Trinajstić information content (AvgIpc) is 3.04. The van der Waals surface area contributed by atoms with Gasteiger partial charge in [-0.2, -0.15) is 5.10 Å². The standard InChI is InChI=1S/C17H19N3O2S/c21-13-7-8-14(16(22)9-13)15-10-23-17(18-11-5-6-11)20(15)19-12-3-1-2-4-12/h7-11,21-22H,1-6H2. The largest absolute Gasteiger partial charge is 0.508 e. The van der Waals surface area contributed by atoms with E-state index < -0.39 is 0 Å². The van der Waals surface area contributed by atoms with Crippen LogP contribution in [0.5, 0.6) is 11.5 Å². The Hall–Kier alpha value is -2.08. The van der Waals surface area contributed by atoms with Gasteiger partial charge in [0.05, 0.1) is 11.7 Å². The highest BCUT2D eigenvalue weighted by Crippen LogP contribution is 2.33. The summed E-state index contributed by atoms with van der Waals surface area (Å²) >= 11 is 1.55. The van der Waals surface area contributed by atoms with E-state index in [1.165, 1.54) is 24.6 Å². The monoisotopic (exact) mass is 329 g/mol. The first-order valence-electron chi connectivity index (χ1n) is 8.04. The number of phenolic OH excluding ortho intramolecular Hbond substituents is 2. The number of hydrogen-bond donors (Lipinski definition) is 2. The van der Waals surface area contributed by atoms with E-state index in [4.69, 9.17) is 10.1 Å². The SMILES string of the molecule is Oc1ccc(-c2csc(=NC3CC3)n2N=C2CCCC2)c(O)c1. The van der Waals surface area contributed by atoms with E-state index in [0.29, 0.717) is 11.6 Å². The molecule has 1 aromatic heterocycles. The Morgan fingerprint density at radius 1 is 1.13 bits per heavy atom. The molecule has 1 aromatic carbocycles. The van der Waals surface area contributed by atoms with Crippen LogP contribution in [0.4, 0.5) is 0 Å². The molecule has 4 rings (SSSR count). The Balaban J connectivity index is 1.85. The van der Waals surface area contributed by atoms with Crippen LogP contribution in [0.1, 0.15) is 38.5 Å². The molecule has 0 unspecified atom stereocenters. The maximum Gasteiger partial charge on any atom is 0.206 e. The quantitative estimate of drug-likeness (QED) is 0.905. The second-order valence-electron chi connectivity index (χ2n) is 6.15. The van der Waals surface area contributed by atoms with Crippen LogP contribution < -0.4 is 4.80 Å². The summed E-state index contributed by atoms with van der Waals surface area (Å²) in [5.41, 5.74) is 2.69. The highest BCUT2D eigenvalue weighted by Gasteiger charge is 2.21. The highest BCUT2D eigenvalue weighted by atomic mass is 32.1. The smallest absolute Gasteiger partial charge is 0.206 e. The minimum atomic E-state index is 0.0537. The molecule has 6 heteroatoms. The first-order chi connectivity index (χ1) is 11.2. The lowest BCUT2D eigenvalue weighted by Gasteiger charge is -2.07. The summed E-state index contributed by atoms with van der Waals surface area (Å²) in [4.78, 5) is 5.63. The van der Waals surface area contributed by atoms with E-state index in [2.05, 4.69) is 0 Å². The number of aromatic hydroxyl groups is 2. The van der Waals surface area contributed by atoms with Crippen molar-refractivity contribution in [2.24, 2.45) is 10.1 Å². The third-order valence-corrected chi connectivity index (χ3v) is 5.03. The lowest BCUT2D eigenvalue weighted by molar-refractivity contribution is 0.451. The number of benzene rings is 1. The van der Waals surface area contributed by atoms with Gasteiger partial charge in [0.2, 0.25) is 4.80 Å². The van der Waals surface area contributed by atoms with Crippen LogP contribution in [0.2, 0.25) is 0 Å². The molecule has 0 radical (unpaired) electrons. The fourth-order valence-electron chi connectivity index (χ4n) is 2.79. The van der Waals surface area contributed by atoms with Gasteiger partial charge in [-0.25, -0.2) is 4.68 Å². The molecule has 2 aliphatic carbocycles. The molecule has 2 aromatic rings. The van der Waals surface area contributed by atoms with Gasteiger partial charge in [0, 0.05) is 22.7 Å². The van der Waals surface area contributed by atoms with Crippen molar-refractivity contribution in [3.05, 3.63) is 28.4 Å². The summed E-state index contributed by atoms with van der Waals surface area (Å²) in [5, 5.41) is 26.5. The van der Waals surface area contributed by atoms with Crippen molar-refractivity contribution in [2.45, 2.75) is 44.6 Å². The molecule has 0 atom stereocenters. The van der Waals surface area contributed by atoms with E-state index in [0.717, 1.165) is 36.2 Å². The predicted octanol–water partition coefficient (Wildman–Crippen LogP) is 3.47. The normalized spacial score (nSPS) is 18.6. The van der Waals surface area contributed by atoms with Gasteiger partial charge in [-0.3, -0.25) is 4.99 Å². The van der Waals surface area contributed by atoms with Gasteiger partial charge < -0.3 is 10.2 Å². The Morgan fingerprint density at radius 2 is 1.91 bits per heavy atom. The zero-order valence-electron chi connectivity index (χ0n) is 12.8. The molecule has 120 valence electrons. The zero-order chi connectivity index (χ0) is 15.8. The zero-order valence-corrected chi connectivity index (χ0v) is 13.6. The van der Waals surface area contributed by atoms with Gasteiger partial charge >= 0.3 is 0 Å². The van der Waals surface area contributed by atoms with E-state index >= 15 is 0 Å². The molecule has 0 bridgehead atoms. The van der Waals surface area contributed by atoms with Gasteiger partial charge in [0.15, 0.2) is 0 Å². The number of rotatable bonds is 3. The fraction of sp³-hybridized carbons (Fsp3) is 0.412. The van der Waals surface area contributed by atoms with E-state index in [9.17, 15) is 10.2 Å². The first kappa shape index (κ1) is 14.5. The number of aromatic nitrogens is 1. The van der Waals surface area contributed by atoms with Crippen molar-refractivity contribution in [3.8, 4) is 22.8 Å². The number of thiazole rings is 1. The summed E-state index contributed by atoms with van der Waals surface area (Å²) in [6, 6.07) is 5.08. The number of phenols is 2. The molecule has 0 spiro atoms. The average molecular weight is 329 g/mol. The summed E-state index contributed by atoms with van der Waals surface area (Å²) in [6.07, 6.45) is 6.75. The Kier molecular flexibility index (Phi) is 3.69. The minimum Gasteiger partial charge on any atom is -0.508 e. The van der Waals surface area contributed by atoms with Gasteiger partial charge in [-0.05, 0) is 50.7 Å². The molecule has 0 aliphatic heterocycles. The van der Waals surface area contributed by atoms with Crippen LogP contribution in [-0.4, -0.2) is 26.6 Å². The molecule has 0 saturated heterocycles. The second-order valence-corrected chi connectivity index (χ2v) is 6.99. The molecule has 2 N–H and O–H groups in total. The van der Waals surface area contributed by atoms with Gasteiger partial charge in [-0.15, -0.1) is 11.3 Å². The molecule has 0 amide bonds. The molecule has 2 fully saturated rings. The van der Waals surface area contributed by atoms with Gasteiger partial charge in [0.1, 0.15) is 11.5 Å². The van der Waals surface area contributed by atoms with Crippen LogP contribution in [0.3, 0.4) is 0 Å². The van der Waals surface area contributed by atoms with Gasteiger partial charge in [0.25, 0.3) is 0 Å².